The highest BCUT2D eigenvalue weighted by molar-refractivity contribution is 5.86. The Morgan fingerprint density at radius 1 is 1.37 bits per heavy atom. The van der Waals surface area contributed by atoms with Gasteiger partial charge in [0.15, 0.2) is 0 Å². The van der Waals surface area contributed by atoms with Crippen LogP contribution in [0.15, 0.2) is 0 Å². The summed E-state index contributed by atoms with van der Waals surface area (Å²) in [7, 11) is 0. The molecule has 0 aromatic rings. The lowest BCUT2D eigenvalue weighted by Crippen LogP contribution is -2.57. The minimum absolute atomic E-state index is 0.254. The van der Waals surface area contributed by atoms with Crippen molar-refractivity contribution in [2.45, 2.75) is 69.5 Å². The molecule has 3 fully saturated rings. The molecule has 0 aromatic heterocycles. The van der Waals surface area contributed by atoms with E-state index >= 15 is 0 Å². The molecule has 3 aliphatic rings. The van der Waals surface area contributed by atoms with Crippen LogP contribution in [0, 0.1) is 0 Å². The van der Waals surface area contributed by atoms with Gasteiger partial charge in [-0.2, -0.15) is 0 Å². The molecule has 108 valence electrons. The second-order valence-electron chi connectivity index (χ2n) is 6.49. The van der Waals surface area contributed by atoms with Crippen LogP contribution in [0.1, 0.15) is 51.9 Å². The van der Waals surface area contributed by atoms with Gasteiger partial charge in [-0.15, -0.1) is 0 Å². The summed E-state index contributed by atoms with van der Waals surface area (Å²) >= 11 is 0. The third kappa shape index (κ3) is 2.52. The van der Waals surface area contributed by atoms with E-state index in [2.05, 4.69) is 22.5 Å². The standard InChI is InChI=1S/C15H27N3O/c1-2-15(7-4-8-16-15)14(19)17-12-6-10-18-9-3-5-13(18)11-12/h12-13,16H,2-11H2,1H3,(H,17,19)/t12-,13-,15+/m0/s1. The van der Waals surface area contributed by atoms with Gasteiger partial charge in [0.1, 0.15) is 0 Å². The molecule has 0 saturated carbocycles. The molecular formula is C15H27N3O. The topological polar surface area (TPSA) is 44.4 Å². The fourth-order valence-electron chi connectivity index (χ4n) is 4.14. The highest BCUT2D eigenvalue weighted by atomic mass is 16.2. The van der Waals surface area contributed by atoms with E-state index in [1.54, 1.807) is 0 Å². The van der Waals surface area contributed by atoms with E-state index in [0.29, 0.717) is 6.04 Å². The van der Waals surface area contributed by atoms with Crippen LogP contribution in [-0.4, -0.2) is 48.1 Å². The third-order valence-electron chi connectivity index (χ3n) is 5.44. The molecule has 0 radical (unpaired) electrons. The van der Waals surface area contributed by atoms with Crippen molar-refractivity contribution < 1.29 is 4.79 Å². The molecule has 3 heterocycles. The Balaban J connectivity index is 1.57. The van der Waals surface area contributed by atoms with E-state index in [1.165, 1.54) is 25.9 Å². The molecule has 0 aromatic carbocycles. The first-order valence-electron chi connectivity index (χ1n) is 8.03. The van der Waals surface area contributed by atoms with Gasteiger partial charge in [-0.3, -0.25) is 4.79 Å². The summed E-state index contributed by atoms with van der Waals surface area (Å²) in [6, 6.07) is 1.13. The number of nitrogens with zero attached hydrogens (tertiary/aromatic N) is 1. The number of piperidine rings is 1. The largest absolute Gasteiger partial charge is 0.352 e. The van der Waals surface area contributed by atoms with Gasteiger partial charge < -0.3 is 15.5 Å². The Bertz CT molecular complexity index is 338. The molecule has 0 bridgehead atoms. The molecule has 3 saturated heterocycles. The molecular weight excluding hydrogens is 238 g/mol. The Morgan fingerprint density at radius 2 is 2.26 bits per heavy atom. The Hall–Kier alpha value is -0.610. The zero-order valence-corrected chi connectivity index (χ0v) is 12.1. The van der Waals surface area contributed by atoms with Crippen LogP contribution in [0.25, 0.3) is 0 Å². The molecule has 4 heteroatoms. The van der Waals surface area contributed by atoms with Crippen LogP contribution in [0.4, 0.5) is 0 Å². The van der Waals surface area contributed by atoms with Crippen LogP contribution >= 0.6 is 0 Å². The quantitative estimate of drug-likeness (QED) is 0.807. The van der Waals surface area contributed by atoms with Gasteiger partial charge in [-0.1, -0.05) is 6.92 Å². The van der Waals surface area contributed by atoms with Gasteiger partial charge in [-0.25, -0.2) is 0 Å². The van der Waals surface area contributed by atoms with Gasteiger partial charge in [-0.05, 0) is 58.0 Å². The van der Waals surface area contributed by atoms with Crippen molar-refractivity contribution in [3.05, 3.63) is 0 Å². The second kappa shape index (κ2) is 5.41. The molecule has 19 heavy (non-hydrogen) atoms. The third-order valence-corrected chi connectivity index (χ3v) is 5.44. The van der Waals surface area contributed by atoms with E-state index in [4.69, 9.17) is 0 Å². The number of carbonyl (C=O) groups is 1. The minimum Gasteiger partial charge on any atom is -0.352 e. The fraction of sp³-hybridized carbons (Fsp3) is 0.933. The number of hydrogen-bond donors (Lipinski definition) is 2. The molecule has 2 N–H and O–H groups in total. The molecule has 0 unspecified atom stereocenters. The molecule has 3 atom stereocenters. The van der Waals surface area contributed by atoms with Crippen molar-refractivity contribution in [1.29, 1.82) is 0 Å². The molecule has 3 rings (SSSR count). The van der Waals surface area contributed by atoms with Crippen LogP contribution < -0.4 is 10.6 Å². The van der Waals surface area contributed by atoms with Crippen LogP contribution in [-0.2, 0) is 4.79 Å². The van der Waals surface area contributed by atoms with E-state index < -0.39 is 0 Å². The van der Waals surface area contributed by atoms with Crippen molar-refractivity contribution in [2.24, 2.45) is 0 Å². The first kappa shape index (κ1) is 13.4. The average Bonchev–Trinajstić information content (AvgIpc) is 3.07. The summed E-state index contributed by atoms with van der Waals surface area (Å²) in [6.45, 7) is 5.55. The van der Waals surface area contributed by atoms with Crippen molar-refractivity contribution in [3.8, 4) is 0 Å². The number of fused-ring (bicyclic) bond motifs is 1. The SMILES string of the molecule is CC[C@]1(C(=O)N[C@H]2CCN3CCC[C@H]3C2)CCCN1. The Labute approximate surface area is 116 Å². The maximum atomic E-state index is 12.6. The summed E-state index contributed by atoms with van der Waals surface area (Å²) in [5.41, 5.74) is -0.271. The van der Waals surface area contributed by atoms with Gasteiger partial charge in [0.25, 0.3) is 0 Å². The van der Waals surface area contributed by atoms with Gasteiger partial charge in [0, 0.05) is 18.6 Å². The summed E-state index contributed by atoms with van der Waals surface area (Å²) in [5.74, 6) is 0.254. The normalized spacial score (nSPS) is 39.2. The predicted octanol–water partition coefficient (Wildman–Crippen LogP) is 1.26. The lowest BCUT2D eigenvalue weighted by atomic mass is 9.91. The second-order valence-corrected chi connectivity index (χ2v) is 6.49. The predicted molar refractivity (Wildman–Crippen MR) is 76.0 cm³/mol. The molecule has 4 nitrogen and oxygen atoms in total. The van der Waals surface area contributed by atoms with Crippen molar-refractivity contribution in [2.75, 3.05) is 19.6 Å². The van der Waals surface area contributed by atoms with Gasteiger partial charge in [0.2, 0.25) is 5.91 Å². The van der Waals surface area contributed by atoms with Crippen LogP contribution in [0.3, 0.4) is 0 Å². The Kier molecular flexibility index (Phi) is 3.81. The minimum atomic E-state index is -0.271. The van der Waals surface area contributed by atoms with Crippen molar-refractivity contribution in [1.82, 2.24) is 15.5 Å². The van der Waals surface area contributed by atoms with Crippen molar-refractivity contribution >= 4 is 5.91 Å². The van der Waals surface area contributed by atoms with Gasteiger partial charge in [0.05, 0.1) is 5.54 Å². The van der Waals surface area contributed by atoms with E-state index in [-0.39, 0.29) is 11.4 Å². The summed E-state index contributed by atoms with van der Waals surface area (Å²) in [6.07, 6.45) is 7.98. The lowest BCUT2D eigenvalue weighted by Gasteiger charge is -2.37. The summed E-state index contributed by atoms with van der Waals surface area (Å²) in [5, 5.41) is 6.77. The molecule has 3 aliphatic heterocycles. The zero-order chi connectivity index (χ0) is 13.3. The molecule has 0 aliphatic carbocycles. The average molecular weight is 265 g/mol. The fourth-order valence-corrected chi connectivity index (χ4v) is 4.14. The van der Waals surface area contributed by atoms with E-state index in [1.807, 2.05) is 0 Å². The van der Waals surface area contributed by atoms with Crippen LogP contribution in [0.5, 0.6) is 0 Å². The first-order chi connectivity index (χ1) is 9.23. The smallest absolute Gasteiger partial charge is 0.240 e. The number of nitrogens with one attached hydrogen (secondary N) is 2. The maximum Gasteiger partial charge on any atom is 0.240 e. The number of amides is 1. The van der Waals surface area contributed by atoms with Crippen molar-refractivity contribution in [3.63, 3.8) is 0 Å². The number of carbonyl (C=O) groups excluding carboxylic acids is 1. The zero-order valence-electron chi connectivity index (χ0n) is 12.1. The molecule has 1 amide bonds. The molecule has 0 spiro atoms. The van der Waals surface area contributed by atoms with Crippen LogP contribution in [0.2, 0.25) is 0 Å². The highest BCUT2D eigenvalue weighted by Crippen LogP contribution is 2.28. The number of hydrogen-bond acceptors (Lipinski definition) is 3. The van der Waals surface area contributed by atoms with Gasteiger partial charge >= 0.3 is 0 Å². The monoisotopic (exact) mass is 265 g/mol. The number of rotatable bonds is 3. The Morgan fingerprint density at radius 3 is 3.00 bits per heavy atom. The summed E-state index contributed by atoms with van der Waals surface area (Å²) in [4.78, 5) is 15.2. The maximum absolute atomic E-state index is 12.6. The van der Waals surface area contributed by atoms with E-state index in [0.717, 1.165) is 44.7 Å². The lowest BCUT2D eigenvalue weighted by molar-refractivity contribution is -0.128. The first-order valence-corrected chi connectivity index (χ1v) is 8.03. The highest BCUT2D eigenvalue weighted by Gasteiger charge is 2.41. The summed E-state index contributed by atoms with van der Waals surface area (Å²) < 4.78 is 0. The van der Waals surface area contributed by atoms with E-state index in [9.17, 15) is 4.79 Å².